The predicted octanol–water partition coefficient (Wildman–Crippen LogP) is 4.54. The van der Waals surface area contributed by atoms with Gasteiger partial charge in [-0.15, -0.1) is 0 Å². The van der Waals surface area contributed by atoms with Gasteiger partial charge >= 0.3 is 0 Å². The average Bonchev–Trinajstić information content (AvgIpc) is 2.42. The van der Waals surface area contributed by atoms with Crippen LogP contribution in [-0.4, -0.2) is 16.5 Å². The molecule has 0 atom stereocenters. The summed E-state index contributed by atoms with van der Waals surface area (Å²) in [6, 6.07) is 8.51. The number of rotatable bonds is 5. The molecular formula is C16H20BrN3. The third-order valence-electron chi connectivity index (χ3n) is 2.94. The summed E-state index contributed by atoms with van der Waals surface area (Å²) in [7, 11) is 0. The van der Waals surface area contributed by atoms with Crippen LogP contribution in [0.5, 0.6) is 0 Å². The van der Waals surface area contributed by atoms with Crippen LogP contribution in [0.3, 0.4) is 0 Å². The Morgan fingerprint density at radius 3 is 2.50 bits per heavy atom. The van der Waals surface area contributed by atoms with E-state index in [-0.39, 0.29) is 0 Å². The van der Waals surface area contributed by atoms with Gasteiger partial charge < -0.3 is 5.32 Å². The van der Waals surface area contributed by atoms with Crippen molar-refractivity contribution < 1.29 is 0 Å². The number of anilines is 1. The summed E-state index contributed by atoms with van der Waals surface area (Å²) in [6.45, 7) is 7.35. The first-order chi connectivity index (χ1) is 9.60. The molecule has 2 aromatic rings. The number of halogens is 1. The van der Waals surface area contributed by atoms with E-state index in [1.54, 1.807) is 6.20 Å². The second-order valence-electron chi connectivity index (χ2n) is 5.22. The molecule has 106 valence electrons. The zero-order chi connectivity index (χ0) is 14.5. The van der Waals surface area contributed by atoms with Crippen molar-refractivity contribution in [1.82, 2.24) is 9.97 Å². The second kappa shape index (κ2) is 6.84. The van der Waals surface area contributed by atoms with Crippen LogP contribution in [0.4, 0.5) is 5.82 Å². The minimum absolute atomic E-state index is 0.671. The fraction of sp³-hybridized carbons (Fsp3) is 0.375. The molecule has 0 unspecified atom stereocenters. The third kappa shape index (κ3) is 3.79. The van der Waals surface area contributed by atoms with Crippen molar-refractivity contribution in [3.63, 3.8) is 0 Å². The summed E-state index contributed by atoms with van der Waals surface area (Å²) >= 11 is 3.46. The first kappa shape index (κ1) is 15.0. The molecule has 0 saturated heterocycles. The Hall–Kier alpha value is -1.42. The van der Waals surface area contributed by atoms with Gasteiger partial charge in [0.15, 0.2) is 5.82 Å². The molecule has 1 aromatic heterocycles. The number of benzene rings is 1. The fourth-order valence-electron chi connectivity index (χ4n) is 2.06. The van der Waals surface area contributed by atoms with Crippen LogP contribution < -0.4 is 5.32 Å². The van der Waals surface area contributed by atoms with E-state index in [1.807, 2.05) is 0 Å². The number of aromatic nitrogens is 2. The summed E-state index contributed by atoms with van der Waals surface area (Å²) in [6.07, 6.45) is 2.90. The second-order valence-corrected chi connectivity index (χ2v) is 6.07. The molecule has 0 aliphatic carbocycles. The molecule has 0 radical (unpaired) electrons. The Kier molecular flexibility index (Phi) is 5.12. The van der Waals surface area contributed by atoms with Crippen molar-refractivity contribution in [2.24, 2.45) is 5.92 Å². The fourth-order valence-corrected chi connectivity index (χ4v) is 2.39. The maximum absolute atomic E-state index is 4.55. The lowest BCUT2D eigenvalue weighted by atomic mass is 10.0. The first-order valence-corrected chi connectivity index (χ1v) is 7.75. The van der Waals surface area contributed by atoms with Gasteiger partial charge in [0, 0.05) is 18.3 Å². The molecule has 0 saturated carbocycles. The maximum atomic E-state index is 4.55. The lowest BCUT2D eigenvalue weighted by Crippen LogP contribution is -2.02. The molecule has 20 heavy (non-hydrogen) atoms. The molecule has 0 amide bonds. The highest BCUT2D eigenvalue weighted by Gasteiger charge is 2.06. The highest BCUT2D eigenvalue weighted by Crippen LogP contribution is 2.23. The molecule has 0 bridgehead atoms. The van der Waals surface area contributed by atoms with Crippen molar-refractivity contribution in [1.29, 1.82) is 0 Å². The summed E-state index contributed by atoms with van der Waals surface area (Å²) in [5.74, 6) is 2.26. The molecule has 3 nitrogen and oxygen atoms in total. The van der Waals surface area contributed by atoms with Gasteiger partial charge in [-0.2, -0.15) is 0 Å². The van der Waals surface area contributed by atoms with Crippen molar-refractivity contribution in [3.8, 4) is 11.4 Å². The standard InChI is InChI=1S/C16H20BrN3/c1-4-18-16-14(17)10-19-15(20-16)13-7-5-12(6-8-13)9-11(2)3/h5-8,10-11H,4,9H2,1-3H3,(H,18,19,20). The third-order valence-corrected chi connectivity index (χ3v) is 3.52. The van der Waals surface area contributed by atoms with Crippen LogP contribution in [0.25, 0.3) is 11.4 Å². The molecule has 2 rings (SSSR count). The number of nitrogens with one attached hydrogen (secondary N) is 1. The van der Waals surface area contributed by atoms with Crippen molar-refractivity contribution in [2.75, 3.05) is 11.9 Å². The highest BCUT2D eigenvalue weighted by molar-refractivity contribution is 9.10. The van der Waals surface area contributed by atoms with Crippen molar-refractivity contribution in [2.45, 2.75) is 27.2 Å². The summed E-state index contributed by atoms with van der Waals surface area (Å²) < 4.78 is 0.888. The molecule has 4 heteroatoms. The number of hydrogen-bond acceptors (Lipinski definition) is 3. The summed E-state index contributed by atoms with van der Waals surface area (Å²) in [5.41, 5.74) is 2.40. The monoisotopic (exact) mass is 333 g/mol. The Bertz CT molecular complexity index is 564. The lowest BCUT2D eigenvalue weighted by Gasteiger charge is -2.08. The molecular weight excluding hydrogens is 314 g/mol. The van der Waals surface area contributed by atoms with Crippen LogP contribution in [-0.2, 0) is 6.42 Å². The largest absolute Gasteiger partial charge is 0.369 e. The molecule has 0 spiro atoms. The van der Waals surface area contributed by atoms with Crippen molar-refractivity contribution in [3.05, 3.63) is 40.5 Å². The van der Waals surface area contributed by atoms with Crippen molar-refractivity contribution >= 4 is 21.7 Å². The van der Waals surface area contributed by atoms with Gasteiger partial charge in [-0.05, 0) is 40.8 Å². The van der Waals surface area contributed by atoms with Crippen LogP contribution in [0, 0.1) is 5.92 Å². The van der Waals surface area contributed by atoms with Gasteiger partial charge in [-0.3, -0.25) is 0 Å². The zero-order valence-electron chi connectivity index (χ0n) is 12.2. The molecule has 0 aliphatic rings. The van der Waals surface area contributed by atoms with Gasteiger partial charge in [0.25, 0.3) is 0 Å². The maximum Gasteiger partial charge on any atom is 0.161 e. The normalized spacial score (nSPS) is 10.8. The van der Waals surface area contributed by atoms with Gasteiger partial charge in [0.1, 0.15) is 5.82 Å². The molecule has 0 fully saturated rings. The van der Waals surface area contributed by atoms with Gasteiger partial charge in [0.2, 0.25) is 0 Å². The summed E-state index contributed by atoms with van der Waals surface area (Å²) in [5, 5.41) is 3.23. The smallest absolute Gasteiger partial charge is 0.161 e. The predicted molar refractivity (Wildman–Crippen MR) is 87.9 cm³/mol. The van der Waals surface area contributed by atoms with Gasteiger partial charge in [0.05, 0.1) is 4.47 Å². The zero-order valence-corrected chi connectivity index (χ0v) is 13.7. The van der Waals surface area contributed by atoms with E-state index < -0.39 is 0 Å². The van der Waals surface area contributed by atoms with Crippen LogP contribution in [0.15, 0.2) is 34.9 Å². The SMILES string of the molecule is CCNc1nc(-c2ccc(CC(C)C)cc2)ncc1Br. The van der Waals surface area contributed by atoms with E-state index in [2.05, 4.69) is 76.3 Å². The van der Waals surface area contributed by atoms with E-state index in [0.717, 1.165) is 34.6 Å². The Balaban J connectivity index is 2.25. The quantitative estimate of drug-likeness (QED) is 0.872. The summed E-state index contributed by atoms with van der Waals surface area (Å²) in [4.78, 5) is 8.94. The van der Waals surface area contributed by atoms with E-state index in [0.29, 0.717) is 5.92 Å². The Morgan fingerprint density at radius 2 is 1.90 bits per heavy atom. The minimum atomic E-state index is 0.671. The molecule has 1 N–H and O–H groups in total. The topological polar surface area (TPSA) is 37.8 Å². The van der Waals surface area contributed by atoms with E-state index in [1.165, 1.54) is 5.56 Å². The first-order valence-electron chi connectivity index (χ1n) is 6.96. The van der Waals surface area contributed by atoms with E-state index >= 15 is 0 Å². The van der Waals surface area contributed by atoms with Gasteiger partial charge in [-0.25, -0.2) is 9.97 Å². The average molecular weight is 334 g/mol. The molecule has 1 aromatic carbocycles. The van der Waals surface area contributed by atoms with Crippen LogP contribution in [0.1, 0.15) is 26.3 Å². The number of hydrogen-bond donors (Lipinski definition) is 1. The Morgan fingerprint density at radius 1 is 1.20 bits per heavy atom. The molecule has 1 heterocycles. The van der Waals surface area contributed by atoms with Crippen LogP contribution in [0.2, 0.25) is 0 Å². The lowest BCUT2D eigenvalue weighted by molar-refractivity contribution is 0.647. The molecule has 0 aliphatic heterocycles. The minimum Gasteiger partial charge on any atom is -0.369 e. The van der Waals surface area contributed by atoms with Crippen LogP contribution >= 0.6 is 15.9 Å². The highest BCUT2D eigenvalue weighted by atomic mass is 79.9. The van der Waals surface area contributed by atoms with Gasteiger partial charge in [-0.1, -0.05) is 38.1 Å². The van der Waals surface area contributed by atoms with E-state index in [9.17, 15) is 0 Å². The Labute approximate surface area is 129 Å². The van der Waals surface area contributed by atoms with E-state index in [4.69, 9.17) is 0 Å². The number of nitrogens with zero attached hydrogens (tertiary/aromatic N) is 2.